The van der Waals surface area contributed by atoms with Crippen molar-refractivity contribution in [1.29, 1.82) is 0 Å². The first-order valence-electron chi connectivity index (χ1n) is 7.00. The summed E-state index contributed by atoms with van der Waals surface area (Å²) in [4.78, 5) is 0. The first kappa shape index (κ1) is 5.24. The van der Waals surface area contributed by atoms with Crippen molar-refractivity contribution in [2.45, 2.75) is 24.7 Å². The minimum atomic E-state index is -2.98. The highest BCUT2D eigenvalue weighted by atomic mass is 19.2. The van der Waals surface area contributed by atoms with Crippen LogP contribution in [0.2, 0.25) is 0 Å². The molecule has 0 amide bonds. The molecule has 0 unspecified atom stereocenters. The average Bonchev–Trinajstić information content (AvgIpc) is 2.88. The molecular weight excluding hydrogens is 181 g/mol. The van der Waals surface area contributed by atoms with Crippen molar-refractivity contribution in [3.8, 4) is 0 Å². The van der Waals surface area contributed by atoms with Gasteiger partial charge in [-0.2, -0.15) is 0 Å². The molecule has 2 atom stereocenters. The lowest BCUT2D eigenvalue weighted by molar-refractivity contribution is -0.120. The molecule has 0 radical (unpaired) electrons. The van der Waals surface area contributed by atoms with Crippen molar-refractivity contribution < 1.29 is 16.4 Å². The molecule has 1 saturated heterocycles. The number of hydrogen-bond donors (Lipinski definition) is 2. The van der Waals surface area contributed by atoms with Crippen LogP contribution in [0.4, 0.5) is 4.39 Å². The Hall–Kier alpha value is -0.930. The topological polar surface area (TPSA) is 32.3 Å². The fraction of sp³-hybridized carbons (Fsp3) is 0.455. The Morgan fingerprint density at radius 3 is 2.79 bits per heavy atom. The van der Waals surface area contributed by atoms with Crippen LogP contribution in [-0.2, 0) is 5.85 Å². The number of alkyl halides is 1. The van der Waals surface area contributed by atoms with Crippen LogP contribution >= 0.6 is 0 Å². The molecular formula is C11H14FNO. The van der Waals surface area contributed by atoms with Gasteiger partial charge in [-0.3, -0.25) is 0 Å². The Bertz CT molecular complexity index is 487. The van der Waals surface area contributed by atoms with E-state index in [1.54, 1.807) is 0 Å². The molecule has 2 N–H and O–H groups in total. The Kier molecular flexibility index (Phi) is 1.37. The van der Waals surface area contributed by atoms with Crippen LogP contribution in [0.3, 0.4) is 0 Å². The van der Waals surface area contributed by atoms with Gasteiger partial charge in [0, 0.05) is 5.56 Å². The van der Waals surface area contributed by atoms with E-state index in [1.807, 2.05) is 0 Å². The van der Waals surface area contributed by atoms with Gasteiger partial charge >= 0.3 is 0 Å². The Labute approximate surface area is 89.8 Å². The summed E-state index contributed by atoms with van der Waals surface area (Å²) < 4.78 is 52.3. The summed E-state index contributed by atoms with van der Waals surface area (Å²) >= 11 is 0. The minimum absolute atomic E-state index is 0.342. The van der Waals surface area contributed by atoms with Gasteiger partial charge in [0.15, 0.2) is 0 Å². The molecule has 0 bridgehead atoms. The number of aliphatic hydroxyl groups is 1. The summed E-state index contributed by atoms with van der Waals surface area (Å²) in [5, 5.41) is 12.7. The summed E-state index contributed by atoms with van der Waals surface area (Å²) in [6, 6.07) is -4.27. The monoisotopic (exact) mass is 200 g/mol. The zero-order chi connectivity index (χ0) is 14.4. The van der Waals surface area contributed by atoms with E-state index in [2.05, 4.69) is 5.32 Å². The lowest BCUT2D eigenvalue weighted by Crippen LogP contribution is -2.41. The second kappa shape index (κ2) is 3.67. The third kappa shape index (κ3) is 1.65. The molecule has 1 aliphatic rings. The van der Waals surface area contributed by atoms with E-state index < -0.39 is 47.7 Å². The molecule has 0 aliphatic carbocycles. The summed E-state index contributed by atoms with van der Waals surface area (Å²) in [6.07, 6.45) is 1.00. The number of benzene rings is 1. The van der Waals surface area contributed by atoms with E-state index in [1.165, 1.54) is 0 Å². The third-order valence-electron chi connectivity index (χ3n) is 2.37. The first-order valence-corrected chi connectivity index (χ1v) is 4.50. The molecule has 2 nitrogen and oxygen atoms in total. The zero-order valence-electron chi connectivity index (χ0n) is 12.5. The molecule has 1 heterocycles. The van der Waals surface area contributed by atoms with E-state index >= 15 is 0 Å². The predicted octanol–water partition coefficient (Wildman–Crippen LogP) is 1.55. The fourth-order valence-corrected chi connectivity index (χ4v) is 1.61. The van der Waals surface area contributed by atoms with Crippen molar-refractivity contribution in [3.63, 3.8) is 0 Å². The van der Waals surface area contributed by atoms with Gasteiger partial charge < -0.3 is 10.4 Å². The SMILES string of the molecule is [2H]c1c([2H])c([2H])c([C@](O)(F)[C@@H]2CCCN2)c([2H])c1[2H]. The van der Waals surface area contributed by atoms with Crippen LogP contribution in [-0.4, -0.2) is 17.7 Å². The second-order valence-electron chi connectivity index (χ2n) is 3.32. The Morgan fingerprint density at radius 2 is 2.21 bits per heavy atom. The van der Waals surface area contributed by atoms with Gasteiger partial charge in [0.2, 0.25) is 5.85 Å². The lowest BCUT2D eigenvalue weighted by atomic mass is 9.98. The minimum Gasteiger partial charge on any atom is -0.357 e. The predicted molar refractivity (Wildman–Crippen MR) is 52.5 cm³/mol. The van der Waals surface area contributed by atoms with Gasteiger partial charge in [-0.15, -0.1) is 0 Å². The number of nitrogens with one attached hydrogen (secondary N) is 1. The highest BCUT2D eigenvalue weighted by molar-refractivity contribution is 5.22. The molecule has 0 spiro atoms. The summed E-state index contributed by atoms with van der Waals surface area (Å²) in [6.45, 7) is 0.523. The highest BCUT2D eigenvalue weighted by Gasteiger charge is 2.39. The first-order chi connectivity index (χ1) is 8.78. The van der Waals surface area contributed by atoms with Crippen molar-refractivity contribution >= 4 is 0 Å². The van der Waals surface area contributed by atoms with Crippen LogP contribution in [0.5, 0.6) is 0 Å². The van der Waals surface area contributed by atoms with E-state index in [0.717, 1.165) is 0 Å². The van der Waals surface area contributed by atoms with Crippen LogP contribution in [0, 0.1) is 0 Å². The smallest absolute Gasteiger partial charge is 0.248 e. The van der Waals surface area contributed by atoms with Crippen LogP contribution in [0.25, 0.3) is 0 Å². The maximum Gasteiger partial charge on any atom is 0.248 e. The maximum absolute atomic E-state index is 14.6. The van der Waals surface area contributed by atoms with E-state index in [0.29, 0.717) is 19.4 Å². The third-order valence-corrected chi connectivity index (χ3v) is 2.37. The van der Waals surface area contributed by atoms with Crippen LogP contribution < -0.4 is 5.32 Å². The Morgan fingerprint density at radius 1 is 1.50 bits per heavy atom. The van der Waals surface area contributed by atoms with E-state index in [9.17, 15) is 9.50 Å². The summed E-state index contributed by atoms with van der Waals surface area (Å²) in [5.74, 6) is -2.98. The summed E-state index contributed by atoms with van der Waals surface area (Å²) in [5.41, 5.74) is -0.696. The molecule has 0 aromatic heterocycles. The van der Waals surface area contributed by atoms with Crippen LogP contribution in [0.15, 0.2) is 30.2 Å². The van der Waals surface area contributed by atoms with Gasteiger partial charge in [-0.25, -0.2) is 4.39 Å². The zero-order valence-corrected chi connectivity index (χ0v) is 7.52. The molecule has 14 heavy (non-hydrogen) atoms. The molecule has 1 aliphatic heterocycles. The quantitative estimate of drug-likeness (QED) is 0.759. The van der Waals surface area contributed by atoms with Gasteiger partial charge in [-0.05, 0) is 19.4 Å². The Balaban J connectivity index is 2.61. The maximum atomic E-state index is 14.6. The molecule has 2 rings (SSSR count). The van der Waals surface area contributed by atoms with Gasteiger partial charge in [-0.1, -0.05) is 30.2 Å². The molecule has 3 heteroatoms. The van der Waals surface area contributed by atoms with Crippen molar-refractivity contribution in [3.05, 3.63) is 35.8 Å². The fourth-order valence-electron chi connectivity index (χ4n) is 1.61. The van der Waals surface area contributed by atoms with E-state index in [4.69, 9.17) is 6.85 Å². The standard InChI is InChI=1S/C11H14FNO/c12-11(14,10-7-4-8-13-10)9-5-2-1-3-6-9/h1-3,5-6,10,13-14H,4,7-8H2/t10-,11+/m0/s1/i1D,2D,3D,5D,6D. The normalized spacial score (nSPS) is 31.0. The number of rotatable bonds is 2. The average molecular weight is 200 g/mol. The molecule has 1 aromatic carbocycles. The largest absolute Gasteiger partial charge is 0.357 e. The second-order valence-corrected chi connectivity index (χ2v) is 3.32. The number of halogens is 1. The van der Waals surface area contributed by atoms with Crippen molar-refractivity contribution in [2.75, 3.05) is 6.54 Å². The lowest BCUT2D eigenvalue weighted by Gasteiger charge is -2.26. The summed E-state index contributed by atoms with van der Waals surface area (Å²) in [7, 11) is 0. The van der Waals surface area contributed by atoms with Gasteiger partial charge in [0.25, 0.3) is 0 Å². The van der Waals surface area contributed by atoms with Gasteiger partial charge in [0.05, 0.1) is 12.9 Å². The van der Waals surface area contributed by atoms with E-state index in [-0.39, 0.29) is 0 Å². The van der Waals surface area contributed by atoms with Crippen LogP contribution in [0.1, 0.15) is 25.3 Å². The highest BCUT2D eigenvalue weighted by Crippen LogP contribution is 2.30. The molecule has 1 fully saturated rings. The number of hydrogen-bond acceptors (Lipinski definition) is 2. The van der Waals surface area contributed by atoms with Gasteiger partial charge in [0.1, 0.15) is 0 Å². The molecule has 0 saturated carbocycles. The molecule has 1 aromatic rings. The van der Waals surface area contributed by atoms with Crippen molar-refractivity contribution in [1.82, 2.24) is 5.32 Å². The van der Waals surface area contributed by atoms with Crippen molar-refractivity contribution in [2.24, 2.45) is 0 Å². The molecule has 76 valence electrons.